The molecule has 0 aliphatic heterocycles. The van der Waals surface area contributed by atoms with Crippen LogP contribution in [0.4, 0.5) is 5.69 Å². The van der Waals surface area contributed by atoms with Gasteiger partial charge in [-0.05, 0) is 30.4 Å². The third-order valence-electron chi connectivity index (χ3n) is 6.36. The van der Waals surface area contributed by atoms with E-state index in [-0.39, 0.29) is 23.2 Å². The van der Waals surface area contributed by atoms with Crippen LogP contribution in [0, 0.1) is 28.1 Å². The van der Waals surface area contributed by atoms with Crippen molar-refractivity contribution >= 4 is 11.6 Å². The van der Waals surface area contributed by atoms with Gasteiger partial charge in [-0.2, -0.15) is 10.5 Å². The number of nitrogens with one attached hydrogen (secondary N) is 1. The summed E-state index contributed by atoms with van der Waals surface area (Å²) in [6.45, 7) is 4.08. The number of nitrogens with zero attached hydrogens (tertiary/aromatic N) is 4. The first-order valence-electron chi connectivity index (χ1n) is 9.07. The summed E-state index contributed by atoms with van der Waals surface area (Å²) in [5, 5.41) is 21.7. The Morgan fingerprint density at radius 3 is 2.64 bits per heavy atom. The zero-order chi connectivity index (χ0) is 20.1. The molecule has 1 aromatic heterocycles. The summed E-state index contributed by atoms with van der Waals surface area (Å²) in [6, 6.07) is 11.1. The molecule has 0 saturated heterocycles. The maximum atomic E-state index is 13.6. The molecule has 2 aliphatic carbocycles. The number of amides is 1. The van der Waals surface area contributed by atoms with E-state index in [1.807, 2.05) is 38.1 Å². The van der Waals surface area contributed by atoms with Crippen molar-refractivity contribution in [3.63, 3.8) is 0 Å². The Morgan fingerprint density at radius 2 is 1.96 bits per heavy atom. The first-order valence-corrected chi connectivity index (χ1v) is 9.07. The fourth-order valence-corrected chi connectivity index (χ4v) is 4.86. The van der Waals surface area contributed by atoms with Gasteiger partial charge in [0.1, 0.15) is 17.9 Å². The highest BCUT2D eigenvalue weighted by Crippen LogP contribution is 2.67. The van der Waals surface area contributed by atoms with E-state index in [0.717, 1.165) is 6.42 Å². The summed E-state index contributed by atoms with van der Waals surface area (Å²) in [5.74, 6) is 0.497. The van der Waals surface area contributed by atoms with E-state index >= 15 is 0 Å². The van der Waals surface area contributed by atoms with Crippen LogP contribution in [0.1, 0.15) is 55.4 Å². The molecule has 2 bridgehead atoms. The van der Waals surface area contributed by atoms with Crippen molar-refractivity contribution in [3.05, 3.63) is 47.0 Å². The topological polar surface area (TPSA) is 112 Å². The van der Waals surface area contributed by atoms with Crippen molar-refractivity contribution in [3.8, 4) is 17.9 Å². The highest BCUT2D eigenvalue weighted by atomic mass is 16.5. The SMILES string of the molecule is COc1cccc(NC(=O)C23CCC(c4nc(C#N)c(C#N)nc42)C3(C)C)c1. The minimum Gasteiger partial charge on any atom is -0.497 e. The van der Waals surface area contributed by atoms with Crippen LogP contribution in [0.2, 0.25) is 0 Å². The third kappa shape index (κ3) is 2.16. The lowest BCUT2D eigenvalue weighted by molar-refractivity contribution is -0.124. The van der Waals surface area contributed by atoms with Crippen LogP contribution in [0.25, 0.3) is 0 Å². The molecule has 1 heterocycles. The summed E-state index contributed by atoms with van der Waals surface area (Å²) in [6.07, 6.45) is 1.41. The highest BCUT2D eigenvalue weighted by molar-refractivity contribution is 6.01. The number of aromatic nitrogens is 2. The predicted molar refractivity (Wildman–Crippen MR) is 101 cm³/mol. The van der Waals surface area contributed by atoms with Crippen molar-refractivity contribution < 1.29 is 9.53 Å². The number of ether oxygens (including phenoxy) is 1. The lowest BCUT2D eigenvalue weighted by atomic mass is 9.67. The summed E-state index contributed by atoms with van der Waals surface area (Å²) in [7, 11) is 1.57. The zero-order valence-corrected chi connectivity index (χ0v) is 15.9. The minimum atomic E-state index is -0.900. The second-order valence-corrected chi connectivity index (χ2v) is 7.78. The van der Waals surface area contributed by atoms with Crippen LogP contribution >= 0.6 is 0 Å². The number of anilines is 1. The molecule has 1 saturated carbocycles. The Bertz CT molecular complexity index is 1080. The van der Waals surface area contributed by atoms with Crippen molar-refractivity contribution in [1.82, 2.24) is 9.97 Å². The van der Waals surface area contributed by atoms with Gasteiger partial charge in [-0.25, -0.2) is 9.97 Å². The molecule has 1 amide bonds. The Morgan fingerprint density at radius 1 is 1.25 bits per heavy atom. The number of hydrogen-bond acceptors (Lipinski definition) is 6. The van der Waals surface area contributed by atoms with Crippen LogP contribution in [0.5, 0.6) is 5.75 Å². The molecule has 28 heavy (non-hydrogen) atoms. The van der Waals surface area contributed by atoms with Crippen LogP contribution < -0.4 is 10.1 Å². The number of benzene rings is 1. The van der Waals surface area contributed by atoms with Crippen LogP contribution in [0.3, 0.4) is 0 Å². The Labute approximate surface area is 163 Å². The van der Waals surface area contributed by atoms with E-state index in [0.29, 0.717) is 29.2 Å². The summed E-state index contributed by atoms with van der Waals surface area (Å²) >= 11 is 0. The molecule has 140 valence electrons. The number of rotatable bonds is 3. The number of hydrogen-bond donors (Lipinski definition) is 1. The lowest BCUT2D eigenvalue weighted by Crippen LogP contribution is -2.46. The van der Waals surface area contributed by atoms with E-state index in [1.54, 1.807) is 19.2 Å². The van der Waals surface area contributed by atoms with Gasteiger partial charge in [-0.15, -0.1) is 0 Å². The molecular formula is C21H19N5O2. The molecule has 0 radical (unpaired) electrons. The smallest absolute Gasteiger partial charge is 0.237 e. The quantitative estimate of drug-likeness (QED) is 0.885. The molecule has 2 atom stereocenters. The van der Waals surface area contributed by atoms with E-state index in [2.05, 4.69) is 15.3 Å². The molecule has 7 heteroatoms. The zero-order valence-electron chi connectivity index (χ0n) is 15.9. The summed E-state index contributed by atoms with van der Waals surface area (Å²) < 4.78 is 5.23. The molecule has 4 rings (SSSR count). The number of methoxy groups -OCH3 is 1. The van der Waals surface area contributed by atoms with E-state index in [9.17, 15) is 15.3 Å². The standard InChI is InChI=1S/C21H19N5O2/c1-20(2)14-7-8-21(20,18-17(14)25-15(10-22)16(11-23)26-18)19(27)24-12-5-4-6-13(9-12)28-3/h4-6,9,14H,7-8H2,1-3H3,(H,24,27). The monoisotopic (exact) mass is 373 g/mol. The first kappa shape index (κ1) is 17.9. The van der Waals surface area contributed by atoms with Crippen LogP contribution in [0.15, 0.2) is 24.3 Å². The maximum Gasteiger partial charge on any atom is 0.237 e. The van der Waals surface area contributed by atoms with Gasteiger partial charge in [-0.1, -0.05) is 19.9 Å². The number of fused-ring (bicyclic) bond motifs is 5. The fourth-order valence-electron chi connectivity index (χ4n) is 4.86. The molecular weight excluding hydrogens is 354 g/mol. The van der Waals surface area contributed by atoms with E-state index in [4.69, 9.17) is 4.74 Å². The highest BCUT2D eigenvalue weighted by Gasteiger charge is 2.68. The molecule has 2 aromatic rings. The van der Waals surface area contributed by atoms with Gasteiger partial charge in [0, 0.05) is 17.7 Å². The Hall–Kier alpha value is -3.45. The van der Waals surface area contributed by atoms with Gasteiger partial charge >= 0.3 is 0 Å². The number of carbonyl (C=O) groups is 1. The van der Waals surface area contributed by atoms with Crippen LogP contribution in [-0.4, -0.2) is 23.0 Å². The summed E-state index contributed by atoms with van der Waals surface area (Å²) in [4.78, 5) is 22.5. The molecule has 2 aliphatic rings. The minimum absolute atomic E-state index is 0.0194. The lowest BCUT2D eigenvalue weighted by Gasteiger charge is -2.36. The predicted octanol–water partition coefficient (Wildman–Crippen LogP) is 3.02. The van der Waals surface area contributed by atoms with Crippen molar-refractivity contribution in [2.45, 2.75) is 38.0 Å². The van der Waals surface area contributed by atoms with Gasteiger partial charge in [0.05, 0.1) is 23.9 Å². The molecule has 0 spiro atoms. The molecule has 1 aromatic carbocycles. The Balaban J connectivity index is 1.83. The normalized spacial score (nSPS) is 23.4. The van der Waals surface area contributed by atoms with Crippen LogP contribution in [-0.2, 0) is 10.2 Å². The molecule has 2 unspecified atom stereocenters. The first-order chi connectivity index (χ1) is 13.4. The van der Waals surface area contributed by atoms with Gasteiger partial charge in [-0.3, -0.25) is 4.79 Å². The largest absolute Gasteiger partial charge is 0.497 e. The van der Waals surface area contributed by atoms with E-state index in [1.165, 1.54) is 0 Å². The maximum absolute atomic E-state index is 13.6. The van der Waals surface area contributed by atoms with Gasteiger partial charge in [0.25, 0.3) is 0 Å². The van der Waals surface area contributed by atoms with Gasteiger partial charge in [0.2, 0.25) is 5.91 Å². The van der Waals surface area contributed by atoms with Gasteiger partial charge < -0.3 is 10.1 Å². The fraction of sp³-hybridized carbons (Fsp3) is 0.381. The van der Waals surface area contributed by atoms with Crippen molar-refractivity contribution in [1.29, 1.82) is 10.5 Å². The average molecular weight is 373 g/mol. The number of nitriles is 2. The molecule has 1 N–H and O–H groups in total. The number of carbonyl (C=O) groups excluding carboxylic acids is 1. The van der Waals surface area contributed by atoms with Crippen molar-refractivity contribution in [2.75, 3.05) is 12.4 Å². The van der Waals surface area contributed by atoms with E-state index < -0.39 is 10.8 Å². The van der Waals surface area contributed by atoms with Crippen molar-refractivity contribution in [2.24, 2.45) is 5.41 Å². The second-order valence-electron chi connectivity index (χ2n) is 7.78. The summed E-state index contributed by atoms with van der Waals surface area (Å²) in [5.41, 5.74) is 0.499. The Kier molecular flexibility index (Phi) is 3.87. The molecule has 1 fully saturated rings. The average Bonchev–Trinajstić information content (AvgIpc) is 3.08. The molecule has 7 nitrogen and oxygen atoms in total. The third-order valence-corrected chi connectivity index (χ3v) is 6.36. The van der Waals surface area contributed by atoms with Gasteiger partial charge in [0.15, 0.2) is 11.4 Å². The second kappa shape index (κ2) is 6.03.